The Morgan fingerprint density at radius 3 is 2.50 bits per heavy atom. The molecular weight excluding hydrogens is 382 g/mol. The van der Waals surface area contributed by atoms with Crippen LogP contribution in [0.5, 0.6) is 5.75 Å². The second kappa shape index (κ2) is 7.33. The molecule has 0 fully saturated rings. The number of hydrogen-bond acceptors (Lipinski definition) is 5. The van der Waals surface area contributed by atoms with Crippen molar-refractivity contribution in [2.45, 2.75) is 6.92 Å². The second-order valence-corrected chi connectivity index (χ2v) is 6.87. The number of amides is 1. The first-order valence-electron chi connectivity index (χ1n) is 9.12. The summed E-state index contributed by atoms with van der Waals surface area (Å²) in [6.45, 7) is 5.14. The minimum Gasteiger partial charge on any atom is -0.456 e. The molecule has 30 heavy (non-hydrogen) atoms. The van der Waals surface area contributed by atoms with Crippen molar-refractivity contribution in [3.05, 3.63) is 88.6 Å². The average molecular weight is 399 g/mol. The van der Waals surface area contributed by atoms with Crippen molar-refractivity contribution in [1.82, 2.24) is 0 Å². The fourth-order valence-corrected chi connectivity index (χ4v) is 3.31. The Bertz CT molecular complexity index is 1370. The van der Waals surface area contributed by atoms with E-state index in [4.69, 9.17) is 14.9 Å². The Labute approximate surface area is 171 Å². The molecule has 0 radical (unpaired) electrons. The fourth-order valence-electron chi connectivity index (χ4n) is 3.31. The van der Waals surface area contributed by atoms with Gasteiger partial charge in [0, 0.05) is 33.7 Å². The molecule has 6 nitrogen and oxygen atoms in total. The van der Waals surface area contributed by atoms with Crippen LogP contribution in [0, 0.1) is 0 Å². The number of esters is 1. The number of hydrogen-bond donors (Lipinski definition) is 1. The first-order valence-corrected chi connectivity index (χ1v) is 9.12. The SMILES string of the molecule is C=C(C)C(=O)Oc1ccc2oc3cc(=O)ccc-3c(-c3ccccc3C(N)=O)c2c1. The van der Waals surface area contributed by atoms with E-state index in [1.165, 1.54) is 12.1 Å². The van der Waals surface area contributed by atoms with Crippen LogP contribution in [0.2, 0.25) is 0 Å². The van der Waals surface area contributed by atoms with Crippen LogP contribution >= 0.6 is 0 Å². The van der Waals surface area contributed by atoms with Gasteiger partial charge in [-0.25, -0.2) is 4.79 Å². The van der Waals surface area contributed by atoms with Gasteiger partial charge < -0.3 is 14.9 Å². The van der Waals surface area contributed by atoms with Crippen molar-refractivity contribution < 1.29 is 18.7 Å². The highest BCUT2D eigenvalue weighted by molar-refractivity contribution is 6.09. The van der Waals surface area contributed by atoms with E-state index in [1.807, 2.05) is 0 Å². The van der Waals surface area contributed by atoms with Gasteiger partial charge in [0.15, 0.2) is 5.43 Å². The number of carbonyl (C=O) groups excluding carboxylic acids is 2. The molecule has 1 aliphatic heterocycles. The topological polar surface area (TPSA) is 99.6 Å². The molecule has 4 rings (SSSR count). The van der Waals surface area contributed by atoms with Crippen molar-refractivity contribution >= 4 is 22.8 Å². The molecule has 2 aromatic rings. The number of primary amides is 1. The van der Waals surface area contributed by atoms with E-state index in [0.29, 0.717) is 44.7 Å². The van der Waals surface area contributed by atoms with Crippen LogP contribution in [-0.2, 0) is 4.79 Å². The van der Waals surface area contributed by atoms with Crippen molar-refractivity contribution in [1.29, 1.82) is 0 Å². The van der Waals surface area contributed by atoms with Gasteiger partial charge in [-0.2, -0.15) is 0 Å². The quantitative estimate of drug-likeness (QED) is 0.241. The van der Waals surface area contributed by atoms with Crippen LogP contribution < -0.4 is 15.9 Å². The van der Waals surface area contributed by atoms with E-state index in [0.717, 1.165) is 0 Å². The normalized spacial score (nSPS) is 10.8. The predicted octanol–water partition coefficient (Wildman–Crippen LogP) is 4.15. The third kappa shape index (κ3) is 3.35. The van der Waals surface area contributed by atoms with Gasteiger partial charge in [0.1, 0.15) is 17.1 Å². The van der Waals surface area contributed by atoms with Crippen LogP contribution in [0.15, 0.2) is 82.0 Å². The summed E-state index contributed by atoms with van der Waals surface area (Å²) in [6.07, 6.45) is 0. The predicted molar refractivity (Wildman–Crippen MR) is 114 cm³/mol. The van der Waals surface area contributed by atoms with Gasteiger partial charge >= 0.3 is 5.97 Å². The van der Waals surface area contributed by atoms with E-state index in [9.17, 15) is 14.4 Å². The third-order valence-electron chi connectivity index (χ3n) is 4.68. The maximum absolute atomic E-state index is 12.1. The molecule has 0 aromatic heterocycles. The number of nitrogens with two attached hydrogens (primary N) is 1. The maximum atomic E-state index is 12.1. The Morgan fingerprint density at radius 1 is 1.00 bits per heavy atom. The summed E-state index contributed by atoms with van der Waals surface area (Å²) in [6, 6.07) is 16.2. The molecule has 1 amide bonds. The first kappa shape index (κ1) is 19.1. The number of fused-ring (bicyclic) bond motifs is 2. The Balaban J connectivity index is 2.09. The van der Waals surface area contributed by atoms with Crippen molar-refractivity contribution in [2.24, 2.45) is 5.73 Å². The van der Waals surface area contributed by atoms with Crippen LogP contribution in [0.25, 0.3) is 33.4 Å². The maximum Gasteiger partial charge on any atom is 0.338 e. The summed E-state index contributed by atoms with van der Waals surface area (Å²) in [5.74, 6) is -0.473. The largest absolute Gasteiger partial charge is 0.456 e. The number of ether oxygens (including phenoxy) is 1. The number of rotatable bonds is 4. The lowest BCUT2D eigenvalue weighted by Crippen LogP contribution is -2.12. The molecular formula is C24H17NO5. The molecule has 0 saturated carbocycles. The minimum absolute atomic E-state index is 0.202. The first-order chi connectivity index (χ1) is 14.3. The standard InChI is InChI=1S/C24H17NO5/c1-13(2)24(28)29-15-8-10-20-19(12-15)22(16-5-3-4-6-17(16)23(25)27)18-9-7-14(26)11-21(18)30-20/h3-12H,1H2,2H3,(H2,25,27). The minimum atomic E-state index is -0.585. The molecule has 2 N–H and O–H groups in total. The van der Waals surface area contributed by atoms with Gasteiger partial charge in [0.25, 0.3) is 0 Å². The summed E-state index contributed by atoms with van der Waals surface area (Å²) in [5, 5.41) is 0.599. The van der Waals surface area contributed by atoms with Crippen LogP contribution in [0.1, 0.15) is 17.3 Å². The summed E-state index contributed by atoms with van der Waals surface area (Å²) in [7, 11) is 0. The van der Waals surface area contributed by atoms with Crippen molar-refractivity contribution in [3.8, 4) is 28.2 Å². The molecule has 2 aromatic carbocycles. The highest BCUT2D eigenvalue weighted by atomic mass is 16.5. The van der Waals surface area contributed by atoms with Gasteiger partial charge in [-0.05, 0) is 48.9 Å². The van der Waals surface area contributed by atoms with Gasteiger partial charge in [-0.3, -0.25) is 9.59 Å². The summed E-state index contributed by atoms with van der Waals surface area (Å²) >= 11 is 0. The molecule has 2 aliphatic rings. The van der Waals surface area contributed by atoms with Crippen LogP contribution in [0.3, 0.4) is 0 Å². The second-order valence-electron chi connectivity index (χ2n) is 6.87. The molecule has 148 valence electrons. The summed E-state index contributed by atoms with van der Waals surface area (Å²) in [4.78, 5) is 35.9. The van der Waals surface area contributed by atoms with Crippen LogP contribution in [-0.4, -0.2) is 11.9 Å². The van der Waals surface area contributed by atoms with Crippen LogP contribution in [0.4, 0.5) is 0 Å². The van der Waals surface area contributed by atoms with Gasteiger partial charge in [0.05, 0.1) is 0 Å². The van der Waals surface area contributed by atoms with Gasteiger partial charge in [-0.15, -0.1) is 0 Å². The Hall–Kier alpha value is -4.19. The highest BCUT2D eigenvalue weighted by Crippen LogP contribution is 2.42. The van der Waals surface area contributed by atoms with E-state index in [2.05, 4.69) is 6.58 Å². The Kier molecular flexibility index (Phi) is 4.68. The molecule has 0 bridgehead atoms. The third-order valence-corrected chi connectivity index (χ3v) is 4.68. The molecule has 0 unspecified atom stereocenters. The highest BCUT2D eigenvalue weighted by Gasteiger charge is 2.21. The van der Waals surface area contributed by atoms with E-state index >= 15 is 0 Å². The number of benzene rings is 3. The number of carbonyl (C=O) groups is 2. The van der Waals surface area contributed by atoms with Crippen molar-refractivity contribution in [2.75, 3.05) is 0 Å². The zero-order valence-corrected chi connectivity index (χ0v) is 16.1. The lowest BCUT2D eigenvalue weighted by molar-refractivity contribution is -0.130. The Morgan fingerprint density at radius 2 is 1.77 bits per heavy atom. The van der Waals surface area contributed by atoms with Crippen molar-refractivity contribution in [3.63, 3.8) is 0 Å². The van der Waals surface area contributed by atoms with E-state index in [-0.39, 0.29) is 11.0 Å². The summed E-state index contributed by atoms with van der Waals surface area (Å²) in [5.41, 5.74) is 8.29. The monoisotopic (exact) mass is 399 g/mol. The molecule has 0 atom stereocenters. The summed E-state index contributed by atoms with van der Waals surface area (Å²) < 4.78 is 11.3. The van der Waals surface area contributed by atoms with Gasteiger partial charge in [0.2, 0.25) is 5.91 Å². The van der Waals surface area contributed by atoms with E-state index in [1.54, 1.807) is 55.5 Å². The lowest BCUT2D eigenvalue weighted by atomic mass is 9.90. The molecule has 1 aliphatic carbocycles. The zero-order chi connectivity index (χ0) is 21.4. The smallest absolute Gasteiger partial charge is 0.338 e. The zero-order valence-electron chi connectivity index (χ0n) is 16.1. The van der Waals surface area contributed by atoms with Gasteiger partial charge in [-0.1, -0.05) is 24.8 Å². The lowest BCUT2D eigenvalue weighted by Gasteiger charge is -2.17. The molecule has 1 heterocycles. The van der Waals surface area contributed by atoms with E-state index < -0.39 is 11.9 Å². The molecule has 0 spiro atoms. The molecule has 6 heteroatoms. The fraction of sp³-hybridized carbons (Fsp3) is 0.0417. The average Bonchev–Trinajstić information content (AvgIpc) is 2.72. The molecule has 0 saturated heterocycles.